The van der Waals surface area contributed by atoms with Crippen molar-refractivity contribution in [2.75, 3.05) is 13.1 Å². The highest BCUT2D eigenvalue weighted by Crippen LogP contribution is 2.20. The fourth-order valence-corrected chi connectivity index (χ4v) is 2.43. The molecule has 2 atom stereocenters. The number of piperazine rings is 1. The summed E-state index contributed by atoms with van der Waals surface area (Å²) in [6.45, 7) is 11.8. The predicted octanol–water partition coefficient (Wildman–Crippen LogP) is 1.75. The number of aryl methyl sites for hydroxylation is 1. The highest BCUT2D eigenvalue weighted by Gasteiger charge is 2.32. The van der Waals surface area contributed by atoms with E-state index in [1.54, 1.807) is 0 Å². The van der Waals surface area contributed by atoms with Gasteiger partial charge in [0.1, 0.15) is 5.82 Å². The molecule has 1 aliphatic rings. The molecular weight excluding hydrogens is 224 g/mol. The van der Waals surface area contributed by atoms with Crippen molar-refractivity contribution in [1.29, 1.82) is 0 Å². The number of nitrogens with zero attached hydrogens (tertiary/aromatic N) is 3. The summed E-state index contributed by atoms with van der Waals surface area (Å²) >= 11 is 0. The molecule has 100 valence electrons. The third-order valence-corrected chi connectivity index (χ3v) is 3.98. The van der Waals surface area contributed by atoms with Gasteiger partial charge in [0.2, 0.25) is 0 Å². The second-order valence-electron chi connectivity index (χ2n) is 5.64. The average Bonchev–Trinajstić information content (AvgIpc) is 2.34. The van der Waals surface area contributed by atoms with Gasteiger partial charge in [-0.3, -0.25) is 4.90 Å². The van der Waals surface area contributed by atoms with E-state index in [0.717, 1.165) is 37.6 Å². The Balaban J connectivity index is 2.07. The zero-order chi connectivity index (χ0) is 13.2. The lowest BCUT2D eigenvalue weighted by atomic mass is 9.94. The Labute approximate surface area is 110 Å². The van der Waals surface area contributed by atoms with Crippen LogP contribution in [-0.4, -0.2) is 39.5 Å². The Bertz CT molecular complexity index is 407. The van der Waals surface area contributed by atoms with E-state index in [4.69, 9.17) is 0 Å². The molecule has 4 nitrogen and oxygen atoms in total. The minimum Gasteiger partial charge on any atom is -0.309 e. The lowest BCUT2D eigenvalue weighted by molar-refractivity contribution is 0.0854. The summed E-state index contributed by atoms with van der Waals surface area (Å²) in [5, 5.41) is 3.65. The molecule has 2 unspecified atom stereocenters. The van der Waals surface area contributed by atoms with Gasteiger partial charge >= 0.3 is 0 Å². The van der Waals surface area contributed by atoms with Crippen LogP contribution in [0.5, 0.6) is 0 Å². The number of hydrogen-bond donors (Lipinski definition) is 1. The van der Waals surface area contributed by atoms with E-state index in [1.165, 1.54) is 0 Å². The van der Waals surface area contributed by atoms with Crippen LogP contribution in [0.2, 0.25) is 0 Å². The van der Waals surface area contributed by atoms with Crippen molar-refractivity contribution in [3.8, 4) is 0 Å². The summed E-state index contributed by atoms with van der Waals surface area (Å²) in [5.74, 6) is 0.855. The van der Waals surface area contributed by atoms with Crippen LogP contribution in [-0.2, 0) is 6.54 Å². The summed E-state index contributed by atoms with van der Waals surface area (Å²) in [6, 6.07) is 2.57. The molecule has 2 rings (SSSR count). The fourth-order valence-electron chi connectivity index (χ4n) is 2.43. The average molecular weight is 248 g/mol. The first-order valence-electron chi connectivity index (χ1n) is 6.80. The number of rotatable bonds is 3. The van der Waals surface area contributed by atoms with E-state index < -0.39 is 0 Å². The standard InChI is InChI=1S/C14H24N4/c1-5-14(4)10-18(11(2)8-16-14)9-13-6-7-15-12(3)17-13/h6-7,11,16H,5,8-10H2,1-4H3. The van der Waals surface area contributed by atoms with Gasteiger partial charge in [-0.2, -0.15) is 0 Å². The Morgan fingerprint density at radius 2 is 2.33 bits per heavy atom. The molecule has 1 N–H and O–H groups in total. The largest absolute Gasteiger partial charge is 0.309 e. The molecule has 1 aromatic rings. The Morgan fingerprint density at radius 3 is 3.00 bits per heavy atom. The van der Waals surface area contributed by atoms with Crippen LogP contribution < -0.4 is 5.32 Å². The fraction of sp³-hybridized carbons (Fsp3) is 0.714. The molecule has 0 saturated carbocycles. The third kappa shape index (κ3) is 3.06. The summed E-state index contributed by atoms with van der Waals surface area (Å²) < 4.78 is 0. The number of aromatic nitrogens is 2. The van der Waals surface area contributed by atoms with Crippen LogP contribution in [0.4, 0.5) is 0 Å². The lowest BCUT2D eigenvalue weighted by Gasteiger charge is -2.44. The topological polar surface area (TPSA) is 41.1 Å². The van der Waals surface area contributed by atoms with Crippen molar-refractivity contribution in [2.45, 2.75) is 52.2 Å². The predicted molar refractivity (Wildman–Crippen MR) is 73.3 cm³/mol. The molecule has 0 amide bonds. The van der Waals surface area contributed by atoms with Crippen LogP contribution in [0.3, 0.4) is 0 Å². The maximum atomic E-state index is 4.50. The van der Waals surface area contributed by atoms with Gasteiger partial charge in [0.15, 0.2) is 0 Å². The van der Waals surface area contributed by atoms with Crippen molar-refractivity contribution >= 4 is 0 Å². The molecule has 2 heterocycles. The molecule has 1 fully saturated rings. The van der Waals surface area contributed by atoms with Crippen molar-refractivity contribution in [1.82, 2.24) is 20.2 Å². The Morgan fingerprint density at radius 1 is 1.56 bits per heavy atom. The van der Waals surface area contributed by atoms with E-state index in [-0.39, 0.29) is 5.54 Å². The normalized spacial score (nSPS) is 29.4. The van der Waals surface area contributed by atoms with Crippen LogP contribution in [0, 0.1) is 6.92 Å². The zero-order valence-corrected chi connectivity index (χ0v) is 11.9. The van der Waals surface area contributed by atoms with Gasteiger partial charge in [-0.05, 0) is 33.3 Å². The highest BCUT2D eigenvalue weighted by atomic mass is 15.2. The zero-order valence-electron chi connectivity index (χ0n) is 11.9. The quantitative estimate of drug-likeness (QED) is 0.885. The van der Waals surface area contributed by atoms with Crippen molar-refractivity contribution in [3.05, 3.63) is 23.8 Å². The van der Waals surface area contributed by atoms with Crippen LogP contribution in [0.25, 0.3) is 0 Å². The maximum absolute atomic E-state index is 4.50. The van der Waals surface area contributed by atoms with Crippen molar-refractivity contribution in [2.24, 2.45) is 0 Å². The van der Waals surface area contributed by atoms with E-state index in [9.17, 15) is 0 Å². The number of nitrogens with one attached hydrogen (secondary N) is 1. The van der Waals surface area contributed by atoms with Crippen molar-refractivity contribution in [3.63, 3.8) is 0 Å². The summed E-state index contributed by atoms with van der Waals surface area (Å²) in [5.41, 5.74) is 1.35. The summed E-state index contributed by atoms with van der Waals surface area (Å²) in [6.07, 6.45) is 3.00. The van der Waals surface area contributed by atoms with E-state index in [0.29, 0.717) is 6.04 Å². The van der Waals surface area contributed by atoms with Crippen LogP contribution in [0.15, 0.2) is 12.3 Å². The first kappa shape index (κ1) is 13.4. The minimum atomic E-state index is 0.231. The molecule has 0 bridgehead atoms. The second-order valence-corrected chi connectivity index (χ2v) is 5.64. The minimum absolute atomic E-state index is 0.231. The van der Waals surface area contributed by atoms with E-state index >= 15 is 0 Å². The van der Waals surface area contributed by atoms with Gasteiger partial charge in [-0.1, -0.05) is 6.92 Å². The molecule has 0 aliphatic carbocycles. The monoisotopic (exact) mass is 248 g/mol. The van der Waals surface area contributed by atoms with Gasteiger partial charge in [0, 0.05) is 37.4 Å². The molecule has 0 aromatic carbocycles. The number of hydrogen-bond acceptors (Lipinski definition) is 4. The molecular formula is C14H24N4. The molecule has 0 radical (unpaired) electrons. The summed E-state index contributed by atoms with van der Waals surface area (Å²) in [4.78, 5) is 11.2. The smallest absolute Gasteiger partial charge is 0.125 e. The molecule has 1 saturated heterocycles. The van der Waals surface area contributed by atoms with Crippen molar-refractivity contribution < 1.29 is 0 Å². The van der Waals surface area contributed by atoms with Gasteiger partial charge < -0.3 is 5.32 Å². The molecule has 1 aromatic heterocycles. The van der Waals surface area contributed by atoms with Gasteiger partial charge in [0.05, 0.1) is 5.69 Å². The van der Waals surface area contributed by atoms with Gasteiger partial charge in [-0.25, -0.2) is 9.97 Å². The Kier molecular flexibility index (Phi) is 3.97. The Hall–Kier alpha value is -1.00. The second kappa shape index (κ2) is 5.33. The maximum Gasteiger partial charge on any atom is 0.125 e. The SMILES string of the molecule is CCC1(C)CN(Cc2ccnc(C)n2)C(C)CN1. The van der Waals surface area contributed by atoms with Gasteiger partial charge in [-0.15, -0.1) is 0 Å². The van der Waals surface area contributed by atoms with Gasteiger partial charge in [0.25, 0.3) is 0 Å². The molecule has 1 aliphatic heterocycles. The lowest BCUT2D eigenvalue weighted by Crippen LogP contribution is -2.61. The van der Waals surface area contributed by atoms with Crippen LogP contribution in [0.1, 0.15) is 38.7 Å². The van der Waals surface area contributed by atoms with E-state index in [2.05, 4.69) is 41.0 Å². The third-order valence-electron chi connectivity index (χ3n) is 3.98. The van der Waals surface area contributed by atoms with E-state index in [1.807, 2.05) is 19.2 Å². The molecule has 0 spiro atoms. The molecule has 4 heteroatoms. The highest BCUT2D eigenvalue weighted by molar-refractivity contribution is 5.03. The first-order valence-corrected chi connectivity index (χ1v) is 6.80. The summed E-state index contributed by atoms with van der Waals surface area (Å²) in [7, 11) is 0. The first-order chi connectivity index (χ1) is 8.52. The van der Waals surface area contributed by atoms with Crippen LogP contribution >= 0.6 is 0 Å². The molecule has 18 heavy (non-hydrogen) atoms.